The zero-order valence-electron chi connectivity index (χ0n) is 11.9. The molecule has 0 amide bonds. The molecule has 19 heavy (non-hydrogen) atoms. The average molecular weight is 264 g/mol. The maximum Gasteiger partial charge on any atom is 0.120 e. The summed E-state index contributed by atoms with van der Waals surface area (Å²) < 4.78 is 5.22. The molecule has 1 unspecified atom stereocenters. The van der Waals surface area contributed by atoms with Gasteiger partial charge in [0.1, 0.15) is 11.5 Å². The van der Waals surface area contributed by atoms with E-state index in [9.17, 15) is 5.11 Å². The summed E-state index contributed by atoms with van der Waals surface area (Å²) in [5.74, 6) is 1.14. The minimum absolute atomic E-state index is 0.346. The van der Waals surface area contributed by atoms with Gasteiger partial charge in [0, 0.05) is 24.7 Å². The van der Waals surface area contributed by atoms with Gasteiger partial charge in [-0.1, -0.05) is 6.92 Å². The lowest BCUT2D eigenvalue weighted by molar-refractivity contribution is 0.250. The van der Waals surface area contributed by atoms with Crippen LogP contribution in [0.25, 0.3) is 0 Å². The lowest BCUT2D eigenvalue weighted by Crippen LogP contribution is -2.37. The lowest BCUT2D eigenvalue weighted by atomic mass is 10.1. The Morgan fingerprint density at radius 2 is 2.32 bits per heavy atom. The van der Waals surface area contributed by atoms with Crippen molar-refractivity contribution in [1.82, 2.24) is 10.2 Å². The van der Waals surface area contributed by atoms with Gasteiger partial charge in [0.15, 0.2) is 0 Å². The highest BCUT2D eigenvalue weighted by Crippen LogP contribution is 2.24. The molecule has 1 aliphatic rings. The number of rotatable bonds is 6. The Morgan fingerprint density at radius 3 is 2.95 bits per heavy atom. The second kappa shape index (κ2) is 6.78. The maximum atomic E-state index is 9.94. The molecule has 1 fully saturated rings. The van der Waals surface area contributed by atoms with E-state index >= 15 is 0 Å². The normalized spacial score (nSPS) is 19.0. The van der Waals surface area contributed by atoms with Crippen molar-refractivity contribution in [2.24, 2.45) is 0 Å². The molecule has 1 heterocycles. The van der Waals surface area contributed by atoms with Gasteiger partial charge < -0.3 is 15.2 Å². The predicted octanol–water partition coefficient (Wildman–Crippen LogP) is 1.97. The highest BCUT2D eigenvalue weighted by atomic mass is 16.5. The van der Waals surface area contributed by atoms with Crippen LogP contribution in [0.5, 0.6) is 11.5 Å². The molecular weight excluding hydrogens is 240 g/mol. The predicted molar refractivity (Wildman–Crippen MR) is 76.6 cm³/mol. The number of hydrogen-bond acceptors (Lipinski definition) is 4. The van der Waals surface area contributed by atoms with E-state index in [1.807, 2.05) is 6.07 Å². The van der Waals surface area contributed by atoms with E-state index in [1.165, 1.54) is 12.8 Å². The van der Waals surface area contributed by atoms with Gasteiger partial charge in [-0.3, -0.25) is 4.90 Å². The van der Waals surface area contributed by atoms with Crippen LogP contribution in [0.3, 0.4) is 0 Å². The largest absolute Gasteiger partial charge is 0.508 e. The van der Waals surface area contributed by atoms with E-state index in [0.717, 1.165) is 37.5 Å². The molecule has 0 bridgehead atoms. The van der Waals surface area contributed by atoms with Crippen LogP contribution >= 0.6 is 0 Å². The third kappa shape index (κ3) is 3.85. The first-order chi connectivity index (χ1) is 9.22. The molecule has 2 N–H and O–H groups in total. The van der Waals surface area contributed by atoms with E-state index in [0.29, 0.717) is 11.8 Å². The van der Waals surface area contributed by atoms with Gasteiger partial charge in [0.25, 0.3) is 0 Å². The fourth-order valence-corrected chi connectivity index (χ4v) is 2.59. The summed E-state index contributed by atoms with van der Waals surface area (Å²) in [5, 5.41) is 13.5. The van der Waals surface area contributed by atoms with Crippen LogP contribution in [0.2, 0.25) is 0 Å². The van der Waals surface area contributed by atoms with Crippen LogP contribution in [0.1, 0.15) is 25.3 Å². The first kappa shape index (κ1) is 14.2. The van der Waals surface area contributed by atoms with Gasteiger partial charge in [-0.25, -0.2) is 0 Å². The van der Waals surface area contributed by atoms with Crippen LogP contribution in [-0.2, 0) is 6.54 Å². The van der Waals surface area contributed by atoms with Crippen molar-refractivity contribution in [3.63, 3.8) is 0 Å². The summed E-state index contributed by atoms with van der Waals surface area (Å²) in [5.41, 5.74) is 0.930. The Kier molecular flexibility index (Phi) is 5.05. The fraction of sp³-hybridized carbons (Fsp3) is 0.600. The van der Waals surface area contributed by atoms with Crippen molar-refractivity contribution in [2.75, 3.05) is 26.7 Å². The van der Waals surface area contributed by atoms with Gasteiger partial charge >= 0.3 is 0 Å². The number of methoxy groups -OCH3 is 1. The maximum absolute atomic E-state index is 9.94. The number of nitrogens with zero attached hydrogens (tertiary/aromatic N) is 1. The average Bonchev–Trinajstić information content (AvgIpc) is 2.93. The van der Waals surface area contributed by atoms with Crippen LogP contribution in [-0.4, -0.2) is 42.8 Å². The second-order valence-corrected chi connectivity index (χ2v) is 5.12. The van der Waals surface area contributed by atoms with Gasteiger partial charge in [-0.05, 0) is 44.1 Å². The molecule has 0 radical (unpaired) electrons. The summed E-state index contributed by atoms with van der Waals surface area (Å²) >= 11 is 0. The van der Waals surface area contributed by atoms with Crippen LogP contribution in [0, 0.1) is 0 Å². The molecular formula is C15H24N2O2. The number of nitrogens with one attached hydrogen (secondary N) is 1. The zero-order valence-corrected chi connectivity index (χ0v) is 11.9. The molecule has 0 aromatic heterocycles. The van der Waals surface area contributed by atoms with Crippen molar-refractivity contribution in [1.29, 1.82) is 0 Å². The quantitative estimate of drug-likeness (QED) is 0.824. The second-order valence-electron chi connectivity index (χ2n) is 5.12. The van der Waals surface area contributed by atoms with E-state index < -0.39 is 0 Å². The van der Waals surface area contributed by atoms with E-state index in [1.54, 1.807) is 19.2 Å². The van der Waals surface area contributed by atoms with Crippen molar-refractivity contribution >= 4 is 0 Å². The number of phenolic OH excluding ortho intramolecular Hbond substituents is 1. The first-order valence-corrected chi connectivity index (χ1v) is 7.04. The number of phenols is 1. The molecule has 4 nitrogen and oxygen atoms in total. The number of ether oxygens (including phenoxy) is 1. The summed E-state index contributed by atoms with van der Waals surface area (Å²) in [6.45, 7) is 6.07. The van der Waals surface area contributed by atoms with Crippen molar-refractivity contribution < 1.29 is 9.84 Å². The molecule has 1 aromatic carbocycles. The lowest BCUT2D eigenvalue weighted by Gasteiger charge is -2.24. The smallest absolute Gasteiger partial charge is 0.120 e. The molecule has 0 aliphatic carbocycles. The molecule has 1 aliphatic heterocycles. The van der Waals surface area contributed by atoms with Crippen molar-refractivity contribution in [3.05, 3.63) is 23.8 Å². The summed E-state index contributed by atoms with van der Waals surface area (Å²) in [6, 6.07) is 6.00. The number of likely N-dealkylation sites (N-methyl/N-ethyl adjacent to an activating group) is 1. The standard InChI is InChI=1S/C15H24N2O2/c1-3-17(11-13-5-4-8-16-13)10-12-9-14(19-2)6-7-15(12)18/h6-7,9,13,16,18H,3-5,8,10-11H2,1-2H3. The number of benzene rings is 1. The first-order valence-electron chi connectivity index (χ1n) is 7.04. The molecule has 1 saturated heterocycles. The van der Waals surface area contributed by atoms with Gasteiger partial charge in [0.2, 0.25) is 0 Å². The molecule has 1 atom stereocenters. The third-order valence-electron chi connectivity index (χ3n) is 3.77. The molecule has 106 valence electrons. The van der Waals surface area contributed by atoms with Crippen LogP contribution in [0.4, 0.5) is 0 Å². The van der Waals surface area contributed by atoms with E-state index in [-0.39, 0.29) is 0 Å². The minimum atomic E-state index is 0.346. The van der Waals surface area contributed by atoms with Crippen LogP contribution in [0.15, 0.2) is 18.2 Å². The number of aromatic hydroxyl groups is 1. The van der Waals surface area contributed by atoms with Crippen molar-refractivity contribution in [2.45, 2.75) is 32.4 Å². The number of hydrogen-bond donors (Lipinski definition) is 2. The molecule has 0 spiro atoms. The van der Waals surface area contributed by atoms with E-state index in [4.69, 9.17) is 4.74 Å². The summed E-state index contributed by atoms with van der Waals surface area (Å²) in [6.07, 6.45) is 2.52. The molecule has 2 rings (SSSR count). The SMILES string of the molecule is CCN(Cc1cc(OC)ccc1O)CC1CCCN1. The molecule has 0 saturated carbocycles. The highest BCUT2D eigenvalue weighted by molar-refractivity contribution is 5.39. The Bertz CT molecular complexity index is 403. The topological polar surface area (TPSA) is 44.7 Å². The monoisotopic (exact) mass is 264 g/mol. The Morgan fingerprint density at radius 1 is 1.47 bits per heavy atom. The highest BCUT2D eigenvalue weighted by Gasteiger charge is 2.18. The van der Waals surface area contributed by atoms with Gasteiger partial charge in [-0.15, -0.1) is 0 Å². The van der Waals surface area contributed by atoms with Gasteiger partial charge in [0.05, 0.1) is 7.11 Å². The van der Waals surface area contributed by atoms with E-state index in [2.05, 4.69) is 17.1 Å². The Labute approximate surface area is 115 Å². The summed E-state index contributed by atoms with van der Waals surface area (Å²) in [7, 11) is 1.65. The van der Waals surface area contributed by atoms with Crippen molar-refractivity contribution in [3.8, 4) is 11.5 Å². The third-order valence-corrected chi connectivity index (χ3v) is 3.77. The molecule has 1 aromatic rings. The molecule has 4 heteroatoms. The zero-order chi connectivity index (χ0) is 13.7. The summed E-state index contributed by atoms with van der Waals surface area (Å²) in [4.78, 5) is 2.36. The van der Waals surface area contributed by atoms with Crippen LogP contribution < -0.4 is 10.1 Å². The Hall–Kier alpha value is -1.26. The fourth-order valence-electron chi connectivity index (χ4n) is 2.59. The van der Waals surface area contributed by atoms with Gasteiger partial charge in [-0.2, -0.15) is 0 Å². The Balaban J connectivity index is 2.00. The minimum Gasteiger partial charge on any atom is -0.508 e.